The number of aryl methyl sites for hydroxylation is 1. The minimum atomic E-state index is -0.183. The lowest BCUT2D eigenvalue weighted by atomic mass is 10.1. The molecule has 0 saturated carbocycles. The van der Waals surface area contributed by atoms with E-state index in [2.05, 4.69) is 5.32 Å². The minimum absolute atomic E-state index is 0.183. The Labute approximate surface area is 105 Å². The van der Waals surface area contributed by atoms with Gasteiger partial charge in [-0.2, -0.15) is 0 Å². The smallest absolute Gasteiger partial charge is 0.128 e. The first-order valence-corrected chi connectivity index (χ1v) is 5.77. The van der Waals surface area contributed by atoms with Crippen molar-refractivity contribution < 1.29 is 4.39 Å². The molecule has 0 aliphatic heterocycles. The molecule has 0 fully saturated rings. The van der Waals surface area contributed by atoms with E-state index in [-0.39, 0.29) is 5.82 Å². The second-order valence-electron chi connectivity index (χ2n) is 3.96. The fraction of sp³-hybridized carbons (Fsp3) is 0.143. The Morgan fingerprint density at radius 1 is 1.12 bits per heavy atom. The van der Waals surface area contributed by atoms with Crippen molar-refractivity contribution in [1.29, 1.82) is 0 Å². The molecular weight excluding hydrogens is 237 g/mol. The van der Waals surface area contributed by atoms with E-state index in [0.29, 0.717) is 17.1 Å². The number of anilines is 1. The zero-order chi connectivity index (χ0) is 12.3. The largest absolute Gasteiger partial charge is 0.381 e. The SMILES string of the molecule is Cc1ccc(F)c(CNc2ccc(Cl)cc2)c1. The van der Waals surface area contributed by atoms with Crippen LogP contribution in [0.2, 0.25) is 5.02 Å². The maximum Gasteiger partial charge on any atom is 0.128 e. The summed E-state index contributed by atoms with van der Waals surface area (Å²) in [6, 6.07) is 12.5. The molecule has 0 amide bonds. The van der Waals surface area contributed by atoms with E-state index >= 15 is 0 Å². The highest BCUT2D eigenvalue weighted by molar-refractivity contribution is 6.30. The van der Waals surface area contributed by atoms with Crippen LogP contribution >= 0.6 is 11.6 Å². The quantitative estimate of drug-likeness (QED) is 0.850. The first kappa shape index (κ1) is 11.9. The van der Waals surface area contributed by atoms with Gasteiger partial charge in [0.15, 0.2) is 0 Å². The molecule has 3 heteroatoms. The Morgan fingerprint density at radius 2 is 1.82 bits per heavy atom. The molecule has 88 valence electrons. The van der Waals surface area contributed by atoms with E-state index in [1.54, 1.807) is 18.2 Å². The van der Waals surface area contributed by atoms with Gasteiger partial charge in [0.1, 0.15) is 5.82 Å². The maximum atomic E-state index is 13.5. The normalized spacial score (nSPS) is 10.3. The van der Waals surface area contributed by atoms with Crippen molar-refractivity contribution in [3.05, 3.63) is 64.4 Å². The summed E-state index contributed by atoms with van der Waals surface area (Å²) < 4.78 is 13.5. The molecule has 0 spiro atoms. The van der Waals surface area contributed by atoms with Gasteiger partial charge in [-0.1, -0.05) is 29.3 Å². The molecule has 2 aromatic carbocycles. The van der Waals surface area contributed by atoms with Crippen LogP contribution in [0.1, 0.15) is 11.1 Å². The monoisotopic (exact) mass is 249 g/mol. The molecule has 1 nitrogen and oxygen atoms in total. The van der Waals surface area contributed by atoms with Crippen molar-refractivity contribution in [3.63, 3.8) is 0 Å². The summed E-state index contributed by atoms with van der Waals surface area (Å²) in [5.74, 6) is -0.183. The van der Waals surface area contributed by atoms with E-state index < -0.39 is 0 Å². The molecule has 0 aromatic heterocycles. The van der Waals surface area contributed by atoms with Crippen LogP contribution in [0.4, 0.5) is 10.1 Å². The molecule has 0 heterocycles. The van der Waals surface area contributed by atoms with Crippen LogP contribution < -0.4 is 5.32 Å². The third kappa shape index (κ3) is 3.21. The Balaban J connectivity index is 2.07. The van der Waals surface area contributed by atoms with Crippen molar-refractivity contribution in [2.45, 2.75) is 13.5 Å². The van der Waals surface area contributed by atoms with Gasteiger partial charge in [-0.25, -0.2) is 4.39 Å². The molecule has 0 saturated heterocycles. The van der Waals surface area contributed by atoms with Crippen LogP contribution in [0, 0.1) is 12.7 Å². The van der Waals surface area contributed by atoms with Gasteiger partial charge >= 0.3 is 0 Å². The number of rotatable bonds is 3. The van der Waals surface area contributed by atoms with Crippen molar-refractivity contribution in [2.24, 2.45) is 0 Å². The van der Waals surface area contributed by atoms with E-state index in [9.17, 15) is 4.39 Å². The van der Waals surface area contributed by atoms with Crippen LogP contribution in [-0.2, 0) is 6.54 Å². The highest BCUT2D eigenvalue weighted by Crippen LogP contribution is 2.16. The second kappa shape index (κ2) is 5.19. The molecule has 0 aliphatic rings. The van der Waals surface area contributed by atoms with Gasteiger partial charge < -0.3 is 5.32 Å². The summed E-state index contributed by atoms with van der Waals surface area (Å²) >= 11 is 5.79. The molecule has 0 radical (unpaired) electrons. The van der Waals surface area contributed by atoms with E-state index in [0.717, 1.165) is 11.3 Å². The number of nitrogens with one attached hydrogen (secondary N) is 1. The fourth-order valence-electron chi connectivity index (χ4n) is 1.60. The van der Waals surface area contributed by atoms with Gasteiger partial charge in [-0.05, 0) is 37.3 Å². The fourth-order valence-corrected chi connectivity index (χ4v) is 1.73. The molecule has 2 rings (SSSR count). The predicted molar refractivity (Wildman–Crippen MR) is 69.9 cm³/mol. The maximum absolute atomic E-state index is 13.5. The number of benzene rings is 2. The lowest BCUT2D eigenvalue weighted by Crippen LogP contribution is -2.01. The highest BCUT2D eigenvalue weighted by Gasteiger charge is 2.01. The van der Waals surface area contributed by atoms with Crippen molar-refractivity contribution in [3.8, 4) is 0 Å². The van der Waals surface area contributed by atoms with E-state index in [4.69, 9.17) is 11.6 Å². The Morgan fingerprint density at radius 3 is 2.53 bits per heavy atom. The van der Waals surface area contributed by atoms with E-state index in [1.165, 1.54) is 6.07 Å². The third-order valence-corrected chi connectivity index (χ3v) is 2.78. The molecule has 0 atom stereocenters. The number of hydrogen-bond acceptors (Lipinski definition) is 1. The van der Waals surface area contributed by atoms with Crippen molar-refractivity contribution >= 4 is 17.3 Å². The van der Waals surface area contributed by atoms with Crippen LogP contribution in [-0.4, -0.2) is 0 Å². The van der Waals surface area contributed by atoms with Crippen LogP contribution in [0.5, 0.6) is 0 Å². The highest BCUT2D eigenvalue weighted by atomic mass is 35.5. The lowest BCUT2D eigenvalue weighted by molar-refractivity contribution is 0.612. The predicted octanol–water partition coefficient (Wildman–Crippen LogP) is 4.40. The standard InChI is InChI=1S/C14H13ClFN/c1-10-2-7-14(16)11(8-10)9-17-13-5-3-12(15)4-6-13/h2-8,17H,9H2,1H3. The summed E-state index contributed by atoms with van der Waals surface area (Å²) in [5, 5.41) is 3.85. The first-order valence-electron chi connectivity index (χ1n) is 5.39. The second-order valence-corrected chi connectivity index (χ2v) is 4.39. The van der Waals surface area contributed by atoms with Crippen LogP contribution in [0.15, 0.2) is 42.5 Å². The molecule has 0 aliphatic carbocycles. The van der Waals surface area contributed by atoms with Crippen molar-refractivity contribution in [2.75, 3.05) is 5.32 Å². The third-order valence-electron chi connectivity index (χ3n) is 2.53. The number of halogens is 2. The Kier molecular flexibility index (Phi) is 3.64. The van der Waals surface area contributed by atoms with Gasteiger partial charge in [0.05, 0.1) is 0 Å². The summed E-state index contributed by atoms with van der Waals surface area (Å²) in [4.78, 5) is 0. The molecule has 0 unspecified atom stereocenters. The first-order chi connectivity index (χ1) is 8.15. The van der Waals surface area contributed by atoms with Gasteiger partial charge in [-0.15, -0.1) is 0 Å². The minimum Gasteiger partial charge on any atom is -0.381 e. The molecule has 2 aromatic rings. The summed E-state index contributed by atoms with van der Waals surface area (Å²) in [7, 11) is 0. The average Bonchev–Trinajstić information content (AvgIpc) is 2.32. The average molecular weight is 250 g/mol. The summed E-state index contributed by atoms with van der Waals surface area (Å²) in [5.41, 5.74) is 2.65. The molecule has 17 heavy (non-hydrogen) atoms. The molecule has 0 bridgehead atoms. The Bertz CT molecular complexity index is 508. The Hall–Kier alpha value is -1.54. The molecule has 1 N–H and O–H groups in total. The van der Waals surface area contributed by atoms with Gasteiger partial charge in [0, 0.05) is 22.8 Å². The van der Waals surface area contributed by atoms with Gasteiger partial charge in [-0.3, -0.25) is 0 Å². The topological polar surface area (TPSA) is 12.0 Å². The summed E-state index contributed by atoms with van der Waals surface area (Å²) in [6.45, 7) is 2.42. The van der Waals surface area contributed by atoms with Crippen LogP contribution in [0.25, 0.3) is 0 Å². The van der Waals surface area contributed by atoms with Gasteiger partial charge in [0.2, 0.25) is 0 Å². The zero-order valence-corrected chi connectivity index (χ0v) is 10.3. The molecular formula is C14H13ClFN. The zero-order valence-electron chi connectivity index (χ0n) is 9.50. The van der Waals surface area contributed by atoms with Crippen LogP contribution in [0.3, 0.4) is 0 Å². The number of hydrogen-bond donors (Lipinski definition) is 1. The van der Waals surface area contributed by atoms with Gasteiger partial charge in [0.25, 0.3) is 0 Å². The van der Waals surface area contributed by atoms with Crippen molar-refractivity contribution in [1.82, 2.24) is 0 Å². The van der Waals surface area contributed by atoms with E-state index in [1.807, 2.05) is 25.1 Å². The lowest BCUT2D eigenvalue weighted by Gasteiger charge is -2.08. The summed E-state index contributed by atoms with van der Waals surface area (Å²) in [6.07, 6.45) is 0.